The molecule has 2 aromatic rings. The lowest BCUT2D eigenvalue weighted by Gasteiger charge is -2.30. The second kappa shape index (κ2) is 7.51. The van der Waals surface area contributed by atoms with Crippen LogP contribution in [0, 0.1) is 11.6 Å². The molecular formula is C19H19F2N3O2. The van der Waals surface area contributed by atoms with Crippen LogP contribution in [0.2, 0.25) is 0 Å². The molecule has 136 valence electrons. The maximum Gasteiger partial charge on any atom is 0.258 e. The molecule has 1 fully saturated rings. The number of halogens is 2. The number of anilines is 2. The number of carbonyl (C=O) groups excluding carboxylic acids is 2. The average molecular weight is 359 g/mol. The van der Waals surface area contributed by atoms with Gasteiger partial charge >= 0.3 is 0 Å². The van der Waals surface area contributed by atoms with E-state index < -0.39 is 29.0 Å². The summed E-state index contributed by atoms with van der Waals surface area (Å²) in [7, 11) is 0. The number of nitrogens with zero attached hydrogens (tertiary/aromatic N) is 1. The highest BCUT2D eigenvalue weighted by Crippen LogP contribution is 2.30. The zero-order valence-electron chi connectivity index (χ0n) is 14.1. The van der Waals surface area contributed by atoms with Crippen LogP contribution in [0.5, 0.6) is 0 Å². The van der Waals surface area contributed by atoms with E-state index in [0.717, 1.165) is 56.2 Å². The van der Waals surface area contributed by atoms with E-state index in [-0.39, 0.29) is 5.56 Å². The first-order valence-electron chi connectivity index (χ1n) is 8.41. The van der Waals surface area contributed by atoms with Crippen molar-refractivity contribution in [3.8, 4) is 0 Å². The predicted molar refractivity (Wildman–Crippen MR) is 95.3 cm³/mol. The highest BCUT2D eigenvalue weighted by molar-refractivity contribution is 6.07. The Morgan fingerprint density at radius 1 is 1.00 bits per heavy atom. The quantitative estimate of drug-likeness (QED) is 0.879. The standard InChI is InChI=1S/C19H19F2N3O2/c20-13-5-6-15(21)14(11-13)19(26)23-16-10-12(18(22)25)4-7-17(16)24-8-2-1-3-9-24/h4-7,10-11H,1-3,8-9H2,(H2,22,25)(H,23,26). The van der Waals surface area contributed by atoms with Crippen LogP contribution in [-0.4, -0.2) is 24.9 Å². The van der Waals surface area contributed by atoms with Gasteiger partial charge in [-0.05, 0) is 55.7 Å². The third kappa shape index (κ3) is 3.82. The smallest absolute Gasteiger partial charge is 0.258 e. The van der Waals surface area contributed by atoms with Gasteiger partial charge in [-0.1, -0.05) is 0 Å². The molecule has 2 aromatic carbocycles. The van der Waals surface area contributed by atoms with Crippen molar-refractivity contribution in [1.82, 2.24) is 0 Å². The second-order valence-electron chi connectivity index (χ2n) is 6.22. The fourth-order valence-electron chi connectivity index (χ4n) is 3.06. The summed E-state index contributed by atoms with van der Waals surface area (Å²) < 4.78 is 27.2. The molecule has 3 N–H and O–H groups in total. The summed E-state index contributed by atoms with van der Waals surface area (Å²) >= 11 is 0. The van der Waals surface area contributed by atoms with Gasteiger partial charge in [0, 0.05) is 18.7 Å². The third-order valence-corrected chi connectivity index (χ3v) is 4.40. The van der Waals surface area contributed by atoms with Crippen molar-refractivity contribution in [2.75, 3.05) is 23.3 Å². The number of hydrogen-bond donors (Lipinski definition) is 2. The van der Waals surface area contributed by atoms with E-state index in [1.165, 1.54) is 6.07 Å². The Balaban J connectivity index is 1.95. The van der Waals surface area contributed by atoms with Gasteiger partial charge in [-0.3, -0.25) is 9.59 Å². The number of nitrogens with one attached hydrogen (secondary N) is 1. The molecule has 1 aliphatic rings. The van der Waals surface area contributed by atoms with Crippen molar-refractivity contribution in [1.29, 1.82) is 0 Å². The number of benzene rings is 2. The zero-order valence-corrected chi connectivity index (χ0v) is 14.1. The lowest BCUT2D eigenvalue weighted by molar-refractivity contribution is 0.0995. The van der Waals surface area contributed by atoms with Crippen molar-refractivity contribution in [2.24, 2.45) is 5.73 Å². The molecule has 1 aliphatic heterocycles. The molecule has 0 spiro atoms. The molecular weight excluding hydrogens is 340 g/mol. The Hall–Kier alpha value is -2.96. The monoisotopic (exact) mass is 359 g/mol. The number of nitrogens with two attached hydrogens (primary N) is 1. The number of carbonyl (C=O) groups is 2. The summed E-state index contributed by atoms with van der Waals surface area (Å²) in [5.74, 6) is -2.96. The number of rotatable bonds is 4. The van der Waals surface area contributed by atoms with Crippen molar-refractivity contribution in [3.63, 3.8) is 0 Å². The minimum absolute atomic E-state index is 0.223. The molecule has 1 heterocycles. The van der Waals surface area contributed by atoms with Gasteiger partial charge in [0.15, 0.2) is 0 Å². The normalized spacial score (nSPS) is 14.2. The summed E-state index contributed by atoms with van der Waals surface area (Å²) in [6.45, 7) is 1.63. The molecule has 0 atom stereocenters. The van der Waals surface area contributed by atoms with E-state index in [1.807, 2.05) is 0 Å². The van der Waals surface area contributed by atoms with E-state index in [1.54, 1.807) is 12.1 Å². The summed E-state index contributed by atoms with van der Waals surface area (Å²) in [4.78, 5) is 26.0. The van der Waals surface area contributed by atoms with Gasteiger partial charge in [-0.2, -0.15) is 0 Å². The summed E-state index contributed by atoms with van der Waals surface area (Å²) in [6.07, 6.45) is 3.17. The molecule has 0 radical (unpaired) electrons. The molecule has 0 unspecified atom stereocenters. The predicted octanol–water partition coefficient (Wildman–Crippen LogP) is 3.31. The van der Waals surface area contributed by atoms with Crippen molar-refractivity contribution in [2.45, 2.75) is 19.3 Å². The van der Waals surface area contributed by atoms with Gasteiger partial charge in [0.25, 0.3) is 5.91 Å². The molecule has 26 heavy (non-hydrogen) atoms. The summed E-state index contributed by atoms with van der Waals surface area (Å²) in [5, 5.41) is 2.59. The maximum atomic E-state index is 13.9. The van der Waals surface area contributed by atoms with E-state index >= 15 is 0 Å². The molecule has 3 rings (SSSR count). The Morgan fingerprint density at radius 3 is 2.42 bits per heavy atom. The van der Waals surface area contributed by atoms with Crippen molar-refractivity contribution < 1.29 is 18.4 Å². The number of piperidine rings is 1. The first kappa shape index (κ1) is 17.8. The lowest BCUT2D eigenvalue weighted by Crippen LogP contribution is -2.30. The third-order valence-electron chi connectivity index (χ3n) is 4.40. The highest BCUT2D eigenvalue weighted by atomic mass is 19.1. The van der Waals surface area contributed by atoms with E-state index in [2.05, 4.69) is 10.2 Å². The van der Waals surface area contributed by atoms with Crippen LogP contribution in [0.25, 0.3) is 0 Å². The zero-order chi connectivity index (χ0) is 18.7. The van der Waals surface area contributed by atoms with E-state index in [4.69, 9.17) is 5.73 Å². The van der Waals surface area contributed by atoms with Gasteiger partial charge in [-0.15, -0.1) is 0 Å². The fraction of sp³-hybridized carbons (Fsp3) is 0.263. The van der Waals surface area contributed by atoms with Gasteiger partial charge in [0.2, 0.25) is 5.91 Å². The summed E-state index contributed by atoms with van der Waals surface area (Å²) in [5.41, 5.74) is 6.21. The van der Waals surface area contributed by atoms with E-state index in [0.29, 0.717) is 5.69 Å². The molecule has 1 saturated heterocycles. The lowest BCUT2D eigenvalue weighted by atomic mass is 10.1. The maximum absolute atomic E-state index is 13.9. The van der Waals surface area contributed by atoms with Gasteiger partial charge in [-0.25, -0.2) is 8.78 Å². The van der Waals surface area contributed by atoms with Crippen LogP contribution >= 0.6 is 0 Å². The Bertz CT molecular complexity index is 849. The molecule has 7 heteroatoms. The fourth-order valence-corrected chi connectivity index (χ4v) is 3.06. The Kier molecular flexibility index (Phi) is 5.16. The van der Waals surface area contributed by atoms with Crippen molar-refractivity contribution >= 4 is 23.2 Å². The van der Waals surface area contributed by atoms with Crippen LogP contribution in [0.1, 0.15) is 40.0 Å². The first-order valence-corrected chi connectivity index (χ1v) is 8.41. The van der Waals surface area contributed by atoms with Crippen LogP contribution in [0.15, 0.2) is 36.4 Å². The van der Waals surface area contributed by atoms with Crippen LogP contribution in [0.3, 0.4) is 0 Å². The molecule has 5 nitrogen and oxygen atoms in total. The minimum Gasteiger partial charge on any atom is -0.370 e. The Labute approximate surface area is 149 Å². The molecule has 2 amide bonds. The van der Waals surface area contributed by atoms with E-state index in [9.17, 15) is 18.4 Å². The summed E-state index contributed by atoms with van der Waals surface area (Å²) in [6, 6.07) is 7.44. The molecule has 0 bridgehead atoms. The molecule has 0 aliphatic carbocycles. The topological polar surface area (TPSA) is 75.4 Å². The van der Waals surface area contributed by atoms with Gasteiger partial charge < -0.3 is 16.0 Å². The highest BCUT2D eigenvalue weighted by Gasteiger charge is 2.19. The van der Waals surface area contributed by atoms with Crippen molar-refractivity contribution in [3.05, 3.63) is 59.2 Å². The minimum atomic E-state index is -0.825. The van der Waals surface area contributed by atoms with Crippen LogP contribution in [-0.2, 0) is 0 Å². The molecule has 0 saturated carbocycles. The first-order chi connectivity index (χ1) is 12.5. The molecule has 0 aromatic heterocycles. The Morgan fingerprint density at radius 2 is 1.73 bits per heavy atom. The van der Waals surface area contributed by atoms with Gasteiger partial charge in [0.1, 0.15) is 11.6 Å². The second-order valence-corrected chi connectivity index (χ2v) is 6.22. The van der Waals surface area contributed by atoms with Crippen LogP contribution < -0.4 is 16.0 Å². The SMILES string of the molecule is NC(=O)c1ccc(N2CCCCC2)c(NC(=O)c2cc(F)ccc2F)c1. The number of amides is 2. The number of primary amides is 1. The van der Waals surface area contributed by atoms with Crippen LogP contribution in [0.4, 0.5) is 20.2 Å². The largest absolute Gasteiger partial charge is 0.370 e. The number of hydrogen-bond acceptors (Lipinski definition) is 3. The average Bonchev–Trinajstić information content (AvgIpc) is 2.64. The van der Waals surface area contributed by atoms with Gasteiger partial charge in [0.05, 0.1) is 16.9 Å².